The van der Waals surface area contributed by atoms with E-state index in [1.54, 1.807) is 7.05 Å². The molecule has 0 saturated carbocycles. The molecule has 0 atom stereocenters. The van der Waals surface area contributed by atoms with Gasteiger partial charge < -0.3 is 24.8 Å². The molecule has 1 aliphatic rings. The second-order valence-corrected chi connectivity index (χ2v) is 6.56. The van der Waals surface area contributed by atoms with Crippen LogP contribution in [0.5, 0.6) is 11.5 Å². The predicted molar refractivity (Wildman–Crippen MR) is 127 cm³/mol. The third-order valence-electron chi connectivity index (χ3n) is 4.50. The fraction of sp³-hybridized carbons (Fsp3) is 0.409. The SMILES string of the molecule is CN=C(NCCCOCCc1ccccc1)NCCc1ccc2c(c1)OCO2.I. The second-order valence-electron chi connectivity index (χ2n) is 6.56. The lowest BCUT2D eigenvalue weighted by atomic mass is 10.1. The Kier molecular flexibility index (Phi) is 10.6. The van der Waals surface area contributed by atoms with Crippen LogP contribution in [0.2, 0.25) is 0 Å². The van der Waals surface area contributed by atoms with E-state index in [0.717, 1.165) is 63.0 Å². The highest BCUT2D eigenvalue weighted by atomic mass is 127. The van der Waals surface area contributed by atoms with Crippen LogP contribution < -0.4 is 20.1 Å². The van der Waals surface area contributed by atoms with Gasteiger partial charge in [0.15, 0.2) is 17.5 Å². The van der Waals surface area contributed by atoms with Gasteiger partial charge in [0.1, 0.15) is 0 Å². The van der Waals surface area contributed by atoms with Gasteiger partial charge in [0.05, 0.1) is 6.61 Å². The van der Waals surface area contributed by atoms with Crippen molar-refractivity contribution in [1.82, 2.24) is 10.6 Å². The third-order valence-corrected chi connectivity index (χ3v) is 4.50. The van der Waals surface area contributed by atoms with Gasteiger partial charge >= 0.3 is 0 Å². The molecule has 0 saturated heterocycles. The van der Waals surface area contributed by atoms with Crippen LogP contribution in [-0.2, 0) is 17.6 Å². The highest BCUT2D eigenvalue weighted by Crippen LogP contribution is 2.32. The van der Waals surface area contributed by atoms with Crippen molar-refractivity contribution >= 4 is 29.9 Å². The number of guanidine groups is 1. The Morgan fingerprint density at radius 1 is 0.931 bits per heavy atom. The number of hydrogen-bond donors (Lipinski definition) is 2. The quantitative estimate of drug-likeness (QED) is 0.222. The normalized spacial score (nSPS) is 12.4. The predicted octanol–water partition coefficient (Wildman–Crippen LogP) is 3.39. The number of aliphatic imine (C=N–C) groups is 1. The average Bonchev–Trinajstić information content (AvgIpc) is 3.20. The second kappa shape index (κ2) is 13.3. The fourth-order valence-electron chi connectivity index (χ4n) is 2.96. The molecule has 2 N–H and O–H groups in total. The van der Waals surface area contributed by atoms with Gasteiger partial charge in [0.2, 0.25) is 6.79 Å². The van der Waals surface area contributed by atoms with Crippen LogP contribution >= 0.6 is 24.0 Å². The van der Waals surface area contributed by atoms with Gasteiger partial charge in [0.25, 0.3) is 0 Å². The van der Waals surface area contributed by atoms with E-state index in [-0.39, 0.29) is 24.0 Å². The van der Waals surface area contributed by atoms with E-state index in [1.807, 2.05) is 18.2 Å². The number of fused-ring (bicyclic) bond motifs is 1. The first-order chi connectivity index (χ1) is 13.8. The van der Waals surface area contributed by atoms with Gasteiger partial charge in [-0.15, -0.1) is 24.0 Å². The van der Waals surface area contributed by atoms with Crippen molar-refractivity contribution in [3.63, 3.8) is 0 Å². The molecule has 158 valence electrons. The van der Waals surface area contributed by atoms with Crippen molar-refractivity contribution in [2.45, 2.75) is 19.3 Å². The molecule has 3 rings (SSSR count). The maximum Gasteiger partial charge on any atom is 0.231 e. The zero-order valence-electron chi connectivity index (χ0n) is 16.9. The molecule has 29 heavy (non-hydrogen) atoms. The number of nitrogens with one attached hydrogen (secondary N) is 2. The molecule has 2 aromatic rings. The van der Waals surface area contributed by atoms with Gasteiger partial charge in [-0.25, -0.2) is 0 Å². The Morgan fingerprint density at radius 3 is 2.55 bits per heavy atom. The van der Waals surface area contributed by atoms with E-state index in [1.165, 1.54) is 11.1 Å². The number of nitrogens with zero attached hydrogens (tertiary/aromatic N) is 1. The molecule has 1 heterocycles. The Balaban J connectivity index is 0.00000300. The van der Waals surface area contributed by atoms with Crippen molar-refractivity contribution in [2.24, 2.45) is 4.99 Å². The number of benzene rings is 2. The molecule has 0 amide bonds. The van der Waals surface area contributed by atoms with E-state index in [0.29, 0.717) is 6.79 Å². The Hall–Kier alpha value is -2.00. The van der Waals surface area contributed by atoms with E-state index < -0.39 is 0 Å². The first-order valence-corrected chi connectivity index (χ1v) is 9.80. The van der Waals surface area contributed by atoms with E-state index in [4.69, 9.17) is 14.2 Å². The van der Waals surface area contributed by atoms with Gasteiger partial charge in [-0.05, 0) is 42.5 Å². The minimum absolute atomic E-state index is 0. The Labute approximate surface area is 190 Å². The topological polar surface area (TPSA) is 64.1 Å². The van der Waals surface area contributed by atoms with Gasteiger partial charge in [-0.1, -0.05) is 36.4 Å². The molecule has 0 radical (unpaired) electrons. The van der Waals surface area contributed by atoms with Crippen molar-refractivity contribution in [3.05, 3.63) is 59.7 Å². The maximum atomic E-state index is 5.71. The van der Waals surface area contributed by atoms with E-state index in [9.17, 15) is 0 Å². The Bertz CT molecular complexity index is 756. The summed E-state index contributed by atoms with van der Waals surface area (Å²) < 4.78 is 16.5. The standard InChI is InChI=1S/C22H29N3O3.HI/c1-23-22(24-12-5-14-26-15-11-18-6-3-2-4-7-18)25-13-10-19-8-9-20-21(16-19)28-17-27-20;/h2-4,6-9,16H,5,10-15,17H2,1H3,(H2,23,24,25);1H. The zero-order chi connectivity index (χ0) is 19.4. The van der Waals surface area contributed by atoms with Gasteiger partial charge in [0, 0.05) is 26.7 Å². The van der Waals surface area contributed by atoms with Gasteiger partial charge in [-0.3, -0.25) is 4.99 Å². The van der Waals surface area contributed by atoms with Crippen LogP contribution in [0.15, 0.2) is 53.5 Å². The number of hydrogen-bond acceptors (Lipinski definition) is 4. The first kappa shape index (κ1) is 23.3. The minimum Gasteiger partial charge on any atom is -0.454 e. The molecule has 6 nitrogen and oxygen atoms in total. The van der Waals surface area contributed by atoms with Crippen LogP contribution in [-0.4, -0.2) is 46.1 Å². The van der Waals surface area contributed by atoms with E-state index >= 15 is 0 Å². The van der Waals surface area contributed by atoms with Gasteiger partial charge in [-0.2, -0.15) is 0 Å². The van der Waals surface area contributed by atoms with Crippen LogP contribution in [0, 0.1) is 0 Å². The molecule has 0 bridgehead atoms. The summed E-state index contributed by atoms with van der Waals surface area (Å²) in [7, 11) is 1.78. The summed E-state index contributed by atoms with van der Waals surface area (Å²) in [6.45, 7) is 3.44. The summed E-state index contributed by atoms with van der Waals surface area (Å²) in [5.41, 5.74) is 2.52. The largest absolute Gasteiger partial charge is 0.454 e. The molecule has 7 heteroatoms. The van der Waals surface area contributed by atoms with Crippen LogP contribution in [0.3, 0.4) is 0 Å². The van der Waals surface area contributed by atoms with Crippen LogP contribution in [0.1, 0.15) is 17.5 Å². The molecular formula is C22H30IN3O3. The van der Waals surface area contributed by atoms with Crippen molar-refractivity contribution < 1.29 is 14.2 Å². The lowest BCUT2D eigenvalue weighted by molar-refractivity contribution is 0.135. The number of halogens is 1. The molecule has 0 unspecified atom stereocenters. The minimum atomic E-state index is 0. The average molecular weight is 511 g/mol. The fourth-order valence-corrected chi connectivity index (χ4v) is 2.96. The smallest absolute Gasteiger partial charge is 0.231 e. The highest BCUT2D eigenvalue weighted by Gasteiger charge is 2.12. The summed E-state index contributed by atoms with van der Waals surface area (Å²) >= 11 is 0. The number of ether oxygens (including phenoxy) is 3. The monoisotopic (exact) mass is 511 g/mol. The van der Waals surface area contributed by atoms with Crippen molar-refractivity contribution in [1.29, 1.82) is 0 Å². The van der Waals surface area contributed by atoms with Crippen molar-refractivity contribution in [2.75, 3.05) is 40.1 Å². The van der Waals surface area contributed by atoms with Crippen LogP contribution in [0.4, 0.5) is 0 Å². The summed E-state index contributed by atoms with van der Waals surface area (Å²) in [6.07, 6.45) is 2.79. The highest BCUT2D eigenvalue weighted by molar-refractivity contribution is 14.0. The molecule has 0 fully saturated rings. The molecule has 2 aromatic carbocycles. The lowest BCUT2D eigenvalue weighted by Gasteiger charge is -2.12. The lowest BCUT2D eigenvalue weighted by Crippen LogP contribution is -2.39. The molecule has 0 aliphatic carbocycles. The molecule has 0 aromatic heterocycles. The van der Waals surface area contributed by atoms with E-state index in [2.05, 4.69) is 46.0 Å². The summed E-state index contributed by atoms with van der Waals surface area (Å²) in [5.74, 6) is 2.46. The number of rotatable bonds is 10. The first-order valence-electron chi connectivity index (χ1n) is 9.80. The zero-order valence-corrected chi connectivity index (χ0v) is 19.2. The maximum absolute atomic E-state index is 5.71. The molecule has 1 aliphatic heterocycles. The Morgan fingerprint density at radius 2 is 1.72 bits per heavy atom. The summed E-state index contributed by atoms with van der Waals surface area (Å²) in [5, 5.41) is 6.66. The summed E-state index contributed by atoms with van der Waals surface area (Å²) in [6, 6.07) is 16.5. The molecular weight excluding hydrogens is 481 g/mol. The molecule has 0 spiro atoms. The third kappa shape index (κ3) is 8.10. The summed E-state index contributed by atoms with van der Waals surface area (Å²) in [4.78, 5) is 4.26. The van der Waals surface area contributed by atoms with Crippen molar-refractivity contribution in [3.8, 4) is 11.5 Å². The van der Waals surface area contributed by atoms with Crippen LogP contribution in [0.25, 0.3) is 0 Å².